The standard InChI is InChI=1S/C10H9F2NO4/c11-5-1-2-7(12)6(3-5)9(15)13-8(4-14)10(16)17/h1-3,8,14H,4H2,(H,13,15)(H,16,17)/t8-/m0/s1. The first-order valence-corrected chi connectivity index (χ1v) is 4.55. The number of aliphatic hydroxyl groups excluding tert-OH is 1. The maximum Gasteiger partial charge on any atom is 0.328 e. The largest absolute Gasteiger partial charge is 0.480 e. The molecule has 5 nitrogen and oxygen atoms in total. The lowest BCUT2D eigenvalue weighted by Gasteiger charge is -2.11. The van der Waals surface area contributed by atoms with Crippen LogP contribution in [-0.4, -0.2) is 34.7 Å². The van der Waals surface area contributed by atoms with Gasteiger partial charge in [0.25, 0.3) is 5.91 Å². The zero-order valence-electron chi connectivity index (χ0n) is 8.48. The van der Waals surface area contributed by atoms with Crippen LogP contribution in [0.1, 0.15) is 10.4 Å². The number of hydrogen-bond acceptors (Lipinski definition) is 3. The van der Waals surface area contributed by atoms with Crippen molar-refractivity contribution in [1.29, 1.82) is 0 Å². The van der Waals surface area contributed by atoms with E-state index in [0.29, 0.717) is 6.07 Å². The summed E-state index contributed by atoms with van der Waals surface area (Å²) in [6.07, 6.45) is 0. The van der Waals surface area contributed by atoms with Crippen LogP contribution in [0.3, 0.4) is 0 Å². The van der Waals surface area contributed by atoms with Crippen molar-refractivity contribution in [3.05, 3.63) is 35.4 Å². The molecule has 1 atom stereocenters. The van der Waals surface area contributed by atoms with Crippen LogP contribution in [0.2, 0.25) is 0 Å². The SMILES string of the molecule is O=C(N[C@@H](CO)C(=O)O)c1cc(F)ccc1F. The van der Waals surface area contributed by atoms with E-state index in [9.17, 15) is 18.4 Å². The van der Waals surface area contributed by atoms with Gasteiger partial charge in [-0.3, -0.25) is 4.79 Å². The minimum absolute atomic E-state index is 0.621. The lowest BCUT2D eigenvalue weighted by Crippen LogP contribution is -2.43. The molecule has 0 saturated heterocycles. The fourth-order valence-corrected chi connectivity index (χ4v) is 1.09. The highest BCUT2D eigenvalue weighted by atomic mass is 19.1. The molecule has 0 aliphatic rings. The summed E-state index contributed by atoms with van der Waals surface area (Å²) in [6.45, 7) is -0.849. The maximum absolute atomic E-state index is 13.1. The van der Waals surface area contributed by atoms with Crippen molar-refractivity contribution < 1.29 is 28.6 Å². The molecule has 0 aromatic heterocycles. The fourth-order valence-electron chi connectivity index (χ4n) is 1.09. The molecular weight excluding hydrogens is 236 g/mol. The Labute approximate surface area is 94.7 Å². The lowest BCUT2D eigenvalue weighted by atomic mass is 10.2. The summed E-state index contributed by atoms with van der Waals surface area (Å²) < 4.78 is 25.9. The summed E-state index contributed by atoms with van der Waals surface area (Å²) in [5.74, 6) is -4.39. The Morgan fingerprint density at radius 1 is 1.35 bits per heavy atom. The van der Waals surface area contributed by atoms with E-state index >= 15 is 0 Å². The van der Waals surface area contributed by atoms with Crippen LogP contribution in [0.4, 0.5) is 8.78 Å². The molecule has 1 aromatic rings. The van der Waals surface area contributed by atoms with Crippen LogP contribution in [-0.2, 0) is 4.79 Å². The summed E-state index contributed by atoms with van der Waals surface area (Å²) in [5.41, 5.74) is -0.621. The van der Waals surface area contributed by atoms with Gasteiger partial charge in [-0.25, -0.2) is 13.6 Å². The first-order chi connectivity index (χ1) is 7.95. The van der Waals surface area contributed by atoms with Gasteiger partial charge in [0, 0.05) is 0 Å². The van der Waals surface area contributed by atoms with Gasteiger partial charge in [0.05, 0.1) is 12.2 Å². The number of amides is 1. The molecule has 3 N–H and O–H groups in total. The summed E-state index contributed by atoms with van der Waals surface area (Å²) >= 11 is 0. The van der Waals surface area contributed by atoms with E-state index in [2.05, 4.69) is 0 Å². The molecule has 0 unspecified atom stereocenters. The first-order valence-electron chi connectivity index (χ1n) is 4.55. The number of carbonyl (C=O) groups is 2. The molecule has 0 saturated carbocycles. The van der Waals surface area contributed by atoms with Crippen LogP contribution < -0.4 is 5.32 Å². The Bertz CT molecular complexity index is 450. The van der Waals surface area contributed by atoms with E-state index in [0.717, 1.165) is 12.1 Å². The Kier molecular flexibility index (Phi) is 4.11. The normalized spacial score (nSPS) is 11.9. The van der Waals surface area contributed by atoms with E-state index < -0.39 is 41.7 Å². The molecule has 92 valence electrons. The highest BCUT2D eigenvalue weighted by Gasteiger charge is 2.21. The fraction of sp³-hybridized carbons (Fsp3) is 0.200. The highest BCUT2D eigenvalue weighted by molar-refractivity contribution is 5.96. The molecule has 0 fully saturated rings. The van der Waals surface area contributed by atoms with Crippen molar-refractivity contribution in [3.63, 3.8) is 0 Å². The number of aliphatic hydroxyl groups is 1. The number of hydrogen-bond donors (Lipinski definition) is 3. The number of halogens is 2. The molecule has 0 spiro atoms. The van der Waals surface area contributed by atoms with E-state index in [1.54, 1.807) is 0 Å². The van der Waals surface area contributed by atoms with E-state index in [4.69, 9.17) is 10.2 Å². The summed E-state index contributed by atoms with van der Waals surface area (Å²) in [5, 5.41) is 19.1. The van der Waals surface area contributed by atoms with Gasteiger partial charge in [-0.05, 0) is 18.2 Å². The Morgan fingerprint density at radius 3 is 2.53 bits per heavy atom. The third-order valence-electron chi connectivity index (χ3n) is 1.96. The van der Waals surface area contributed by atoms with Crippen LogP contribution in [0.15, 0.2) is 18.2 Å². The van der Waals surface area contributed by atoms with Crippen LogP contribution >= 0.6 is 0 Å². The van der Waals surface area contributed by atoms with Crippen molar-refractivity contribution in [2.75, 3.05) is 6.61 Å². The quantitative estimate of drug-likeness (QED) is 0.704. The molecule has 1 amide bonds. The van der Waals surface area contributed by atoms with E-state index in [1.165, 1.54) is 0 Å². The zero-order valence-corrected chi connectivity index (χ0v) is 8.48. The lowest BCUT2D eigenvalue weighted by molar-refractivity contribution is -0.140. The number of carboxylic acids is 1. The van der Waals surface area contributed by atoms with Gasteiger partial charge < -0.3 is 15.5 Å². The van der Waals surface area contributed by atoms with Gasteiger partial charge >= 0.3 is 5.97 Å². The molecule has 0 bridgehead atoms. The monoisotopic (exact) mass is 245 g/mol. The number of carbonyl (C=O) groups excluding carboxylic acids is 1. The third-order valence-corrected chi connectivity index (χ3v) is 1.96. The minimum atomic E-state index is -1.56. The number of nitrogens with one attached hydrogen (secondary N) is 1. The van der Waals surface area contributed by atoms with Crippen LogP contribution in [0, 0.1) is 11.6 Å². The smallest absolute Gasteiger partial charge is 0.328 e. The molecular formula is C10H9F2NO4. The third kappa shape index (κ3) is 3.22. The first kappa shape index (κ1) is 13.0. The van der Waals surface area contributed by atoms with Gasteiger partial charge in [-0.2, -0.15) is 0 Å². The summed E-state index contributed by atoms with van der Waals surface area (Å²) in [7, 11) is 0. The molecule has 1 rings (SSSR count). The van der Waals surface area contributed by atoms with Crippen molar-refractivity contribution in [2.45, 2.75) is 6.04 Å². The van der Waals surface area contributed by atoms with E-state index in [-0.39, 0.29) is 0 Å². The molecule has 1 aromatic carbocycles. The number of carboxylic acid groups (broad SMARTS) is 1. The Balaban J connectivity index is 2.89. The maximum atomic E-state index is 13.1. The van der Waals surface area contributed by atoms with Crippen molar-refractivity contribution in [1.82, 2.24) is 5.32 Å². The average Bonchev–Trinajstić information content (AvgIpc) is 2.28. The highest BCUT2D eigenvalue weighted by Crippen LogP contribution is 2.09. The predicted octanol–water partition coefficient (Wildman–Crippen LogP) is 0.140. The van der Waals surface area contributed by atoms with Crippen molar-refractivity contribution in [3.8, 4) is 0 Å². The van der Waals surface area contributed by atoms with Gasteiger partial charge in [-0.15, -0.1) is 0 Å². The molecule has 7 heteroatoms. The topological polar surface area (TPSA) is 86.6 Å². The van der Waals surface area contributed by atoms with Crippen molar-refractivity contribution in [2.24, 2.45) is 0 Å². The minimum Gasteiger partial charge on any atom is -0.480 e. The number of aliphatic carboxylic acids is 1. The predicted molar refractivity (Wildman–Crippen MR) is 52.3 cm³/mol. The average molecular weight is 245 g/mol. The van der Waals surface area contributed by atoms with Gasteiger partial charge in [0.15, 0.2) is 6.04 Å². The zero-order chi connectivity index (χ0) is 13.0. The molecule has 0 radical (unpaired) electrons. The molecule has 17 heavy (non-hydrogen) atoms. The molecule has 0 aliphatic heterocycles. The van der Waals surface area contributed by atoms with Gasteiger partial charge in [-0.1, -0.05) is 0 Å². The second-order valence-electron chi connectivity index (χ2n) is 3.17. The van der Waals surface area contributed by atoms with Gasteiger partial charge in [0.1, 0.15) is 11.6 Å². The summed E-state index contributed by atoms with van der Waals surface area (Å²) in [6, 6.07) is 0.650. The number of benzene rings is 1. The Hall–Kier alpha value is -2.02. The summed E-state index contributed by atoms with van der Waals surface area (Å²) in [4.78, 5) is 21.9. The molecule has 0 heterocycles. The van der Waals surface area contributed by atoms with Crippen molar-refractivity contribution >= 4 is 11.9 Å². The Morgan fingerprint density at radius 2 is 2.00 bits per heavy atom. The van der Waals surface area contributed by atoms with Crippen LogP contribution in [0.25, 0.3) is 0 Å². The van der Waals surface area contributed by atoms with Gasteiger partial charge in [0.2, 0.25) is 0 Å². The molecule has 0 aliphatic carbocycles. The van der Waals surface area contributed by atoms with E-state index in [1.807, 2.05) is 5.32 Å². The number of rotatable bonds is 4. The second kappa shape index (κ2) is 5.35. The second-order valence-corrected chi connectivity index (χ2v) is 3.17. The van der Waals surface area contributed by atoms with Crippen LogP contribution in [0.5, 0.6) is 0 Å².